The molecule has 0 radical (unpaired) electrons. The summed E-state index contributed by atoms with van der Waals surface area (Å²) in [5.74, 6) is -2.02. The van der Waals surface area contributed by atoms with Gasteiger partial charge in [0.25, 0.3) is 0 Å². The maximum atomic E-state index is 10.4. The van der Waals surface area contributed by atoms with E-state index in [9.17, 15) is 9.59 Å². The lowest BCUT2D eigenvalue weighted by Crippen LogP contribution is -2.34. The summed E-state index contributed by atoms with van der Waals surface area (Å²) >= 11 is 0. The Morgan fingerprint density at radius 1 is 1.20 bits per heavy atom. The van der Waals surface area contributed by atoms with Crippen molar-refractivity contribution in [3.8, 4) is 0 Å². The third-order valence-corrected chi connectivity index (χ3v) is 1.83. The monoisotopic (exact) mass is 220 g/mol. The summed E-state index contributed by atoms with van der Waals surface area (Å²) in [5.41, 5.74) is 1.70. The second-order valence-electron chi connectivity index (χ2n) is 3.09. The lowest BCUT2D eigenvalue weighted by molar-refractivity contribution is -0.142. The highest BCUT2D eigenvalue weighted by atomic mass is 16.5. The summed E-state index contributed by atoms with van der Waals surface area (Å²) in [5, 5.41) is 27.9. The number of nitrogens with one attached hydrogen (secondary N) is 2. The second kappa shape index (κ2) is 8.16. The SMILES string of the molecule is O=C(O)CNCCCC[C@H](NO)C(=O)O. The minimum atomic E-state index is -1.10. The first-order chi connectivity index (χ1) is 7.07. The van der Waals surface area contributed by atoms with Crippen LogP contribution in [0.25, 0.3) is 0 Å². The Morgan fingerprint density at radius 2 is 1.87 bits per heavy atom. The quantitative estimate of drug-likeness (QED) is 0.256. The highest BCUT2D eigenvalue weighted by Gasteiger charge is 2.14. The van der Waals surface area contributed by atoms with Crippen LogP contribution in [-0.2, 0) is 9.59 Å². The zero-order chi connectivity index (χ0) is 11.7. The fraction of sp³-hybridized carbons (Fsp3) is 0.750. The van der Waals surface area contributed by atoms with Gasteiger partial charge >= 0.3 is 11.9 Å². The van der Waals surface area contributed by atoms with Crippen molar-refractivity contribution in [1.29, 1.82) is 0 Å². The number of unbranched alkanes of at least 4 members (excludes halogenated alkanes) is 1. The molecule has 0 amide bonds. The highest BCUT2D eigenvalue weighted by molar-refractivity contribution is 5.73. The number of hydroxylamine groups is 1. The van der Waals surface area contributed by atoms with Crippen LogP contribution >= 0.6 is 0 Å². The molecule has 0 aromatic rings. The van der Waals surface area contributed by atoms with Crippen LogP contribution in [-0.4, -0.2) is 46.5 Å². The molecule has 0 spiro atoms. The van der Waals surface area contributed by atoms with Crippen molar-refractivity contribution in [2.75, 3.05) is 13.1 Å². The summed E-state index contributed by atoms with van der Waals surface area (Å²) in [4.78, 5) is 20.5. The van der Waals surface area contributed by atoms with Crippen LogP contribution in [0.1, 0.15) is 19.3 Å². The minimum absolute atomic E-state index is 0.0966. The van der Waals surface area contributed by atoms with Gasteiger partial charge in [0, 0.05) is 0 Å². The zero-order valence-corrected chi connectivity index (χ0v) is 8.27. The van der Waals surface area contributed by atoms with E-state index in [0.717, 1.165) is 0 Å². The molecule has 0 saturated carbocycles. The third kappa shape index (κ3) is 7.86. The Kier molecular flexibility index (Phi) is 7.51. The summed E-state index contributed by atoms with van der Waals surface area (Å²) in [6.45, 7) is 0.421. The van der Waals surface area contributed by atoms with Gasteiger partial charge < -0.3 is 20.7 Å². The van der Waals surface area contributed by atoms with Gasteiger partial charge in [-0.25, -0.2) is 0 Å². The van der Waals surface area contributed by atoms with Gasteiger partial charge in [0.05, 0.1) is 6.54 Å². The molecule has 0 unspecified atom stereocenters. The molecule has 0 aromatic carbocycles. The predicted octanol–water partition coefficient (Wildman–Crippen LogP) is -0.737. The molecule has 0 rings (SSSR count). The van der Waals surface area contributed by atoms with Gasteiger partial charge in [-0.3, -0.25) is 9.59 Å². The van der Waals surface area contributed by atoms with Crippen LogP contribution in [0.15, 0.2) is 0 Å². The molecule has 7 nitrogen and oxygen atoms in total. The van der Waals surface area contributed by atoms with Gasteiger partial charge in [-0.05, 0) is 25.8 Å². The number of rotatable bonds is 9. The van der Waals surface area contributed by atoms with Crippen molar-refractivity contribution in [3.05, 3.63) is 0 Å². The highest BCUT2D eigenvalue weighted by Crippen LogP contribution is 1.99. The maximum Gasteiger partial charge on any atom is 0.323 e. The molecule has 0 aliphatic rings. The Hall–Kier alpha value is -1.18. The van der Waals surface area contributed by atoms with Crippen molar-refractivity contribution < 1.29 is 25.0 Å². The van der Waals surface area contributed by atoms with E-state index in [1.807, 2.05) is 0 Å². The molecule has 0 heterocycles. The standard InChI is InChI=1S/C8H16N2O5/c11-7(12)5-9-4-2-1-3-6(10-15)8(13)14/h6,9-10,15H,1-5H2,(H,11,12)(H,13,14)/t6-/m0/s1. The first-order valence-corrected chi connectivity index (χ1v) is 4.63. The molecule has 0 saturated heterocycles. The van der Waals surface area contributed by atoms with Gasteiger partial charge in [0.1, 0.15) is 6.04 Å². The van der Waals surface area contributed by atoms with E-state index in [2.05, 4.69) is 5.32 Å². The second-order valence-corrected chi connectivity index (χ2v) is 3.09. The van der Waals surface area contributed by atoms with Crippen molar-refractivity contribution in [2.24, 2.45) is 0 Å². The van der Waals surface area contributed by atoms with E-state index in [-0.39, 0.29) is 6.54 Å². The molecule has 0 aliphatic carbocycles. The average molecular weight is 220 g/mol. The van der Waals surface area contributed by atoms with Gasteiger partial charge in [0.15, 0.2) is 0 Å². The summed E-state index contributed by atoms with van der Waals surface area (Å²) in [6.07, 6.45) is 1.57. The zero-order valence-electron chi connectivity index (χ0n) is 8.27. The first-order valence-electron chi connectivity index (χ1n) is 4.63. The van der Waals surface area contributed by atoms with E-state index in [0.29, 0.717) is 25.8 Å². The normalized spacial score (nSPS) is 12.3. The number of hydrogen-bond acceptors (Lipinski definition) is 5. The van der Waals surface area contributed by atoms with E-state index >= 15 is 0 Å². The largest absolute Gasteiger partial charge is 0.480 e. The maximum absolute atomic E-state index is 10.4. The van der Waals surface area contributed by atoms with E-state index in [1.165, 1.54) is 0 Å². The molecule has 0 aromatic heterocycles. The minimum Gasteiger partial charge on any atom is -0.480 e. The van der Waals surface area contributed by atoms with Crippen molar-refractivity contribution >= 4 is 11.9 Å². The lowest BCUT2D eigenvalue weighted by Gasteiger charge is -2.09. The van der Waals surface area contributed by atoms with Gasteiger partial charge in [-0.1, -0.05) is 0 Å². The number of carboxylic acid groups (broad SMARTS) is 2. The molecule has 88 valence electrons. The summed E-state index contributed by atoms with van der Waals surface area (Å²) < 4.78 is 0. The van der Waals surface area contributed by atoms with E-state index in [4.69, 9.17) is 15.4 Å². The lowest BCUT2D eigenvalue weighted by atomic mass is 10.1. The van der Waals surface area contributed by atoms with Crippen LogP contribution in [0.4, 0.5) is 0 Å². The van der Waals surface area contributed by atoms with Gasteiger partial charge in [0.2, 0.25) is 0 Å². The number of carboxylic acids is 2. The Bertz CT molecular complexity index is 209. The number of hydrogen-bond donors (Lipinski definition) is 5. The molecule has 5 N–H and O–H groups in total. The van der Waals surface area contributed by atoms with Crippen LogP contribution < -0.4 is 10.8 Å². The number of carbonyl (C=O) groups is 2. The summed E-state index contributed by atoms with van der Waals surface area (Å²) in [6, 6.07) is -0.954. The molecule has 7 heteroatoms. The van der Waals surface area contributed by atoms with Crippen molar-refractivity contribution in [3.63, 3.8) is 0 Å². The molecule has 0 aliphatic heterocycles. The average Bonchev–Trinajstić information content (AvgIpc) is 2.15. The molecular weight excluding hydrogens is 204 g/mol. The van der Waals surface area contributed by atoms with Crippen LogP contribution in [0.3, 0.4) is 0 Å². The Labute approximate surface area is 87.1 Å². The van der Waals surface area contributed by atoms with Gasteiger partial charge in [-0.2, -0.15) is 5.48 Å². The Balaban J connectivity index is 3.37. The predicted molar refractivity (Wildman–Crippen MR) is 50.7 cm³/mol. The van der Waals surface area contributed by atoms with E-state index < -0.39 is 18.0 Å². The van der Waals surface area contributed by atoms with Crippen molar-refractivity contribution in [2.45, 2.75) is 25.3 Å². The smallest absolute Gasteiger partial charge is 0.323 e. The molecule has 15 heavy (non-hydrogen) atoms. The molecule has 1 atom stereocenters. The molecular formula is C8H16N2O5. The summed E-state index contributed by atoms with van der Waals surface area (Å²) in [7, 11) is 0. The topological polar surface area (TPSA) is 119 Å². The molecule has 0 fully saturated rings. The van der Waals surface area contributed by atoms with Crippen LogP contribution in [0, 0.1) is 0 Å². The van der Waals surface area contributed by atoms with Gasteiger partial charge in [-0.15, -0.1) is 0 Å². The fourth-order valence-electron chi connectivity index (χ4n) is 1.04. The van der Waals surface area contributed by atoms with Crippen LogP contribution in [0.5, 0.6) is 0 Å². The first kappa shape index (κ1) is 13.8. The molecule has 0 bridgehead atoms. The fourth-order valence-corrected chi connectivity index (χ4v) is 1.04. The van der Waals surface area contributed by atoms with E-state index in [1.54, 1.807) is 5.48 Å². The van der Waals surface area contributed by atoms with Crippen LogP contribution in [0.2, 0.25) is 0 Å². The van der Waals surface area contributed by atoms with Crippen molar-refractivity contribution in [1.82, 2.24) is 10.8 Å². The third-order valence-electron chi connectivity index (χ3n) is 1.83. The number of aliphatic carboxylic acids is 2. The Morgan fingerprint density at radius 3 is 2.33 bits per heavy atom.